The van der Waals surface area contributed by atoms with Crippen molar-refractivity contribution >= 4 is 5.91 Å². The second-order valence-corrected chi connectivity index (χ2v) is 3.93. The fourth-order valence-electron chi connectivity index (χ4n) is 1.35. The summed E-state index contributed by atoms with van der Waals surface area (Å²) in [6.07, 6.45) is 0.790. The van der Waals surface area contributed by atoms with Gasteiger partial charge in [-0.15, -0.1) is 0 Å². The van der Waals surface area contributed by atoms with Crippen LogP contribution in [-0.2, 0) is 0 Å². The van der Waals surface area contributed by atoms with Crippen molar-refractivity contribution < 1.29 is 14.3 Å². The van der Waals surface area contributed by atoms with Gasteiger partial charge in [0.15, 0.2) is 0 Å². The standard InChI is InChI=1S/C14H16FNO2/c1-3-10(2)16-14(18)13-9-12(15)7-6-11(13)5-4-8-17/h6-7,9-10,17H,3,8H2,1-2H3,(H,16,18). The van der Waals surface area contributed by atoms with E-state index in [4.69, 9.17) is 5.11 Å². The van der Waals surface area contributed by atoms with Gasteiger partial charge in [-0.25, -0.2) is 4.39 Å². The Bertz CT molecular complexity index is 488. The zero-order valence-electron chi connectivity index (χ0n) is 10.5. The molecule has 1 amide bonds. The molecule has 1 rings (SSSR count). The number of carbonyl (C=O) groups excluding carboxylic acids is 1. The Morgan fingerprint density at radius 2 is 2.28 bits per heavy atom. The van der Waals surface area contributed by atoms with Crippen LogP contribution in [0.25, 0.3) is 0 Å². The van der Waals surface area contributed by atoms with Crippen molar-refractivity contribution in [1.29, 1.82) is 0 Å². The molecule has 1 atom stereocenters. The lowest BCUT2D eigenvalue weighted by atomic mass is 10.1. The van der Waals surface area contributed by atoms with Gasteiger partial charge in [-0.2, -0.15) is 0 Å². The Balaban J connectivity index is 3.05. The average molecular weight is 249 g/mol. The molecule has 0 aliphatic heterocycles. The third-order valence-corrected chi connectivity index (χ3v) is 2.52. The van der Waals surface area contributed by atoms with Gasteiger partial charge in [-0.1, -0.05) is 18.8 Å². The number of hydrogen-bond acceptors (Lipinski definition) is 2. The average Bonchev–Trinajstić information content (AvgIpc) is 2.36. The van der Waals surface area contributed by atoms with Gasteiger partial charge in [0.05, 0.1) is 5.56 Å². The van der Waals surface area contributed by atoms with E-state index in [-0.39, 0.29) is 24.1 Å². The predicted octanol–water partition coefficient (Wildman–Crippen LogP) is 1.70. The van der Waals surface area contributed by atoms with Gasteiger partial charge in [0.25, 0.3) is 5.91 Å². The molecule has 4 heteroatoms. The summed E-state index contributed by atoms with van der Waals surface area (Å²) in [6.45, 7) is 3.52. The maximum atomic E-state index is 13.2. The molecule has 2 N–H and O–H groups in total. The second kappa shape index (κ2) is 6.77. The maximum absolute atomic E-state index is 13.2. The van der Waals surface area contributed by atoms with E-state index in [1.54, 1.807) is 0 Å². The molecule has 1 unspecified atom stereocenters. The third-order valence-electron chi connectivity index (χ3n) is 2.52. The number of rotatable bonds is 3. The number of carbonyl (C=O) groups is 1. The fourth-order valence-corrected chi connectivity index (χ4v) is 1.35. The molecule has 0 saturated carbocycles. The Morgan fingerprint density at radius 1 is 1.56 bits per heavy atom. The molecule has 0 heterocycles. The molecule has 0 radical (unpaired) electrons. The van der Waals surface area contributed by atoms with Gasteiger partial charge in [-0.3, -0.25) is 4.79 Å². The molecule has 0 bridgehead atoms. The molecule has 1 aromatic carbocycles. The lowest BCUT2D eigenvalue weighted by Gasteiger charge is -2.12. The molecule has 96 valence electrons. The van der Waals surface area contributed by atoms with Crippen LogP contribution in [0.3, 0.4) is 0 Å². The van der Waals surface area contributed by atoms with E-state index in [2.05, 4.69) is 17.2 Å². The zero-order chi connectivity index (χ0) is 13.5. The second-order valence-electron chi connectivity index (χ2n) is 3.93. The van der Waals surface area contributed by atoms with Crippen LogP contribution in [0.5, 0.6) is 0 Å². The summed E-state index contributed by atoms with van der Waals surface area (Å²) < 4.78 is 13.2. The van der Waals surface area contributed by atoms with E-state index in [1.165, 1.54) is 12.1 Å². The quantitative estimate of drug-likeness (QED) is 0.801. The molecular weight excluding hydrogens is 233 g/mol. The molecule has 0 aliphatic rings. The number of hydrogen-bond donors (Lipinski definition) is 2. The molecule has 1 aromatic rings. The van der Waals surface area contributed by atoms with Gasteiger partial charge < -0.3 is 10.4 Å². The van der Waals surface area contributed by atoms with Crippen LogP contribution >= 0.6 is 0 Å². The number of halogens is 1. The first-order chi connectivity index (χ1) is 8.58. The summed E-state index contributed by atoms with van der Waals surface area (Å²) in [7, 11) is 0. The summed E-state index contributed by atoms with van der Waals surface area (Å²) >= 11 is 0. The summed E-state index contributed by atoms with van der Waals surface area (Å²) in [5, 5.41) is 11.4. The Hall–Kier alpha value is -1.86. The first-order valence-electron chi connectivity index (χ1n) is 5.78. The van der Waals surface area contributed by atoms with Gasteiger partial charge in [-0.05, 0) is 31.5 Å². The van der Waals surface area contributed by atoms with Crippen LogP contribution in [0.15, 0.2) is 18.2 Å². The van der Waals surface area contributed by atoms with E-state index < -0.39 is 5.82 Å². The molecular formula is C14H16FNO2. The number of benzene rings is 1. The molecule has 0 saturated heterocycles. The Morgan fingerprint density at radius 3 is 2.89 bits per heavy atom. The summed E-state index contributed by atoms with van der Waals surface area (Å²) in [6, 6.07) is 3.84. The minimum absolute atomic E-state index is 0.0134. The highest BCUT2D eigenvalue weighted by Gasteiger charge is 2.13. The van der Waals surface area contributed by atoms with Crippen LogP contribution in [0.2, 0.25) is 0 Å². The summed E-state index contributed by atoms with van der Waals surface area (Å²) in [5.41, 5.74) is 0.600. The predicted molar refractivity (Wildman–Crippen MR) is 67.6 cm³/mol. The molecule has 0 aromatic heterocycles. The van der Waals surface area contributed by atoms with E-state index >= 15 is 0 Å². The number of amides is 1. The van der Waals surface area contributed by atoms with Gasteiger partial charge in [0.1, 0.15) is 12.4 Å². The normalized spacial score (nSPS) is 11.3. The first-order valence-corrected chi connectivity index (χ1v) is 5.78. The number of nitrogens with one attached hydrogen (secondary N) is 1. The fraction of sp³-hybridized carbons (Fsp3) is 0.357. The van der Waals surface area contributed by atoms with Crippen molar-refractivity contribution in [3.63, 3.8) is 0 Å². The van der Waals surface area contributed by atoms with Gasteiger partial charge in [0.2, 0.25) is 0 Å². The minimum Gasteiger partial charge on any atom is -0.384 e. The molecule has 0 fully saturated rings. The van der Waals surface area contributed by atoms with Crippen molar-refractivity contribution in [3.8, 4) is 11.8 Å². The third kappa shape index (κ3) is 3.86. The number of aliphatic hydroxyl groups excluding tert-OH is 1. The highest BCUT2D eigenvalue weighted by atomic mass is 19.1. The van der Waals surface area contributed by atoms with Crippen LogP contribution in [-0.4, -0.2) is 23.7 Å². The van der Waals surface area contributed by atoms with Crippen molar-refractivity contribution in [1.82, 2.24) is 5.32 Å². The monoisotopic (exact) mass is 249 g/mol. The summed E-state index contributed by atoms with van der Waals surface area (Å²) in [5.74, 6) is 4.24. The first kappa shape index (κ1) is 14.2. The smallest absolute Gasteiger partial charge is 0.252 e. The largest absolute Gasteiger partial charge is 0.384 e. The van der Waals surface area contributed by atoms with Crippen LogP contribution in [0.1, 0.15) is 36.2 Å². The topological polar surface area (TPSA) is 49.3 Å². The summed E-state index contributed by atoms with van der Waals surface area (Å²) in [4.78, 5) is 11.9. The zero-order valence-corrected chi connectivity index (χ0v) is 10.5. The lowest BCUT2D eigenvalue weighted by Crippen LogP contribution is -2.32. The van der Waals surface area contributed by atoms with E-state index in [0.29, 0.717) is 5.56 Å². The minimum atomic E-state index is -0.487. The molecule has 18 heavy (non-hydrogen) atoms. The number of aliphatic hydroxyl groups is 1. The SMILES string of the molecule is CCC(C)NC(=O)c1cc(F)ccc1C#CCO. The van der Waals surface area contributed by atoms with Crippen molar-refractivity contribution in [3.05, 3.63) is 35.1 Å². The van der Waals surface area contributed by atoms with Crippen LogP contribution in [0.4, 0.5) is 4.39 Å². The lowest BCUT2D eigenvalue weighted by molar-refractivity contribution is 0.0938. The van der Waals surface area contributed by atoms with Crippen molar-refractivity contribution in [2.24, 2.45) is 0 Å². The van der Waals surface area contributed by atoms with Crippen LogP contribution in [0, 0.1) is 17.7 Å². The van der Waals surface area contributed by atoms with E-state index in [1.807, 2.05) is 13.8 Å². The molecule has 0 aliphatic carbocycles. The van der Waals surface area contributed by atoms with Crippen molar-refractivity contribution in [2.75, 3.05) is 6.61 Å². The molecule has 0 spiro atoms. The molecule has 3 nitrogen and oxygen atoms in total. The van der Waals surface area contributed by atoms with E-state index in [0.717, 1.165) is 12.5 Å². The highest BCUT2D eigenvalue weighted by molar-refractivity contribution is 5.96. The van der Waals surface area contributed by atoms with Crippen LogP contribution < -0.4 is 5.32 Å². The van der Waals surface area contributed by atoms with Gasteiger partial charge >= 0.3 is 0 Å². The van der Waals surface area contributed by atoms with E-state index in [9.17, 15) is 9.18 Å². The van der Waals surface area contributed by atoms with Gasteiger partial charge in [0, 0.05) is 11.6 Å². The Labute approximate surface area is 106 Å². The Kier molecular flexibility index (Phi) is 5.34. The maximum Gasteiger partial charge on any atom is 0.252 e. The highest BCUT2D eigenvalue weighted by Crippen LogP contribution is 2.11. The van der Waals surface area contributed by atoms with Crippen molar-refractivity contribution in [2.45, 2.75) is 26.3 Å².